The molecule has 2 aromatic rings. The molecule has 1 aliphatic carbocycles. The Bertz CT molecular complexity index is 748. The maximum Gasteiger partial charge on any atom is 0.254 e. The Morgan fingerprint density at radius 2 is 2.00 bits per heavy atom. The van der Waals surface area contributed by atoms with Gasteiger partial charge in [-0.15, -0.1) is 0 Å². The third kappa shape index (κ3) is 3.10. The number of benzene rings is 2. The molecule has 120 valence electrons. The van der Waals surface area contributed by atoms with Gasteiger partial charge in [-0.05, 0) is 48.6 Å². The molecule has 1 unspecified atom stereocenters. The quantitative estimate of drug-likeness (QED) is 0.914. The molecule has 2 N–H and O–H groups in total. The van der Waals surface area contributed by atoms with E-state index in [0.29, 0.717) is 6.42 Å². The summed E-state index contributed by atoms with van der Waals surface area (Å²) < 4.78 is 26.8. The van der Waals surface area contributed by atoms with Crippen molar-refractivity contribution in [2.24, 2.45) is 0 Å². The average Bonchev–Trinajstić information content (AvgIpc) is 2.55. The van der Waals surface area contributed by atoms with Crippen molar-refractivity contribution in [3.05, 3.63) is 70.8 Å². The largest absolute Gasteiger partial charge is 0.383 e. The molecular formula is C18H17F2NO2. The van der Waals surface area contributed by atoms with Gasteiger partial charge in [0.1, 0.15) is 17.2 Å². The van der Waals surface area contributed by atoms with E-state index in [2.05, 4.69) is 5.32 Å². The molecule has 1 amide bonds. The number of rotatable bonds is 3. The molecule has 1 aliphatic rings. The Labute approximate surface area is 133 Å². The van der Waals surface area contributed by atoms with Crippen LogP contribution in [0.5, 0.6) is 0 Å². The molecule has 0 saturated carbocycles. The minimum atomic E-state index is -1.19. The Kier molecular flexibility index (Phi) is 4.13. The predicted octanol–water partition coefficient (Wildman–Crippen LogP) is 2.92. The highest BCUT2D eigenvalue weighted by molar-refractivity contribution is 5.94. The number of aliphatic hydroxyl groups is 1. The fraction of sp³-hybridized carbons (Fsp3) is 0.278. The molecule has 0 radical (unpaired) electrons. The van der Waals surface area contributed by atoms with Gasteiger partial charge in [0.25, 0.3) is 5.91 Å². The Hall–Kier alpha value is -2.27. The predicted molar refractivity (Wildman–Crippen MR) is 82.0 cm³/mol. The second kappa shape index (κ2) is 6.08. The lowest BCUT2D eigenvalue weighted by Crippen LogP contribution is -2.43. The zero-order chi connectivity index (χ0) is 16.4. The number of hydrogen-bond acceptors (Lipinski definition) is 2. The number of fused-ring (bicyclic) bond motifs is 1. The van der Waals surface area contributed by atoms with Crippen LogP contribution in [-0.4, -0.2) is 17.6 Å². The summed E-state index contributed by atoms with van der Waals surface area (Å²) in [6.45, 7) is -0.0429. The number of carbonyl (C=O) groups excluding carboxylic acids is 1. The van der Waals surface area contributed by atoms with Crippen LogP contribution in [-0.2, 0) is 12.0 Å². The first-order valence-corrected chi connectivity index (χ1v) is 7.54. The normalized spacial score (nSPS) is 20.0. The summed E-state index contributed by atoms with van der Waals surface area (Å²) in [6.07, 6.45) is 2.19. The van der Waals surface area contributed by atoms with Crippen LogP contribution in [0.4, 0.5) is 8.78 Å². The van der Waals surface area contributed by atoms with Crippen LogP contribution in [0.15, 0.2) is 42.5 Å². The second-order valence-electron chi connectivity index (χ2n) is 5.85. The monoisotopic (exact) mass is 317 g/mol. The van der Waals surface area contributed by atoms with Crippen LogP contribution in [0.2, 0.25) is 0 Å². The van der Waals surface area contributed by atoms with E-state index in [0.717, 1.165) is 42.2 Å². The first kappa shape index (κ1) is 15.6. The lowest BCUT2D eigenvalue weighted by Gasteiger charge is -2.34. The van der Waals surface area contributed by atoms with Crippen molar-refractivity contribution in [3.8, 4) is 0 Å². The van der Waals surface area contributed by atoms with Crippen molar-refractivity contribution < 1.29 is 18.7 Å². The summed E-state index contributed by atoms with van der Waals surface area (Å²) in [6, 6.07) is 10.3. The van der Waals surface area contributed by atoms with Crippen molar-refractivity contribution in [1.29, 1.82) is 0 Å². The lowest BCUT2D eigenvalue weighted by molar-refractivity contribution is 0.0189. The fourth-order valence-electron chi connectivity index (χ4n) is 3.08. The van der Waals surface area contributed by atoms with Gasteiger partial charge in [0.15, 0.2) is 0 Å². The molecule has 0 fully saturated rings. The van der Waals surface area contributed by atoms with Gasteiger partial charge in [-0.3, -0.25) is 4.79 Å². The molecule has 0 spiro atoms. The van der Waals surface area contributed by atoms with Gasteiger partial charge >= 0.3 is 0 Å². The maximum absolute atomic E-state index is 13.6. The van der Waals surface area contributed by atoms with E-state index in [-0.39, 0.29) is 12.1 Å². The van der Waals surface area contributed by atoms with E-state index in [9.17, 15) is 18.7 Å². The van der Waals surface area contributed by atoms with Gasteiger partial charge in [0, 0.05) is 0 Å². The first-order chi connectivity index (χ1) is 11.0. The SMILES string of the molecule is O=C(NCC1(O)CCCc2ccccc21)c1cc(F)ccc1F. The maximum atomic E-state index is 13.6. The summed E-state index contributed by atoms with van der Waals surface area (Å²) >= 11 is 0. The van der Waals surface area contributed by atoms with Crippen LogP contribution < -0.4 is 5.32 Å². The van der Waals surface area contributed by atoms with Crippen molar-refractivity contribution in [2.45, 2.75) is 24.9 Å². The molecule has 0 saturated heterocycles. The molecule has 0 aliphatic heterocycles. The van der Waals surface area contributed by atoms with E-state index < -0.39 is 23.1 Å². The number of aryl methyl sites for hydroxylation is 1. The third-order valence-electron chi connectivity index (χ3n) is 4.27. The fourth-order valence-corrected chi connectivity index (χ4v) is 3.08. The van der Waals surface area contributed by atoms with Crippen molar-refractivity contribution in [2.75, 3.05) is 6.54 Å². The van der Waals surface area contributed by atoms with E-state index in [1.54, 1.807) is 0 Å². The third-order valence-corrected chi connectivity index (χ3v) is 4.27. The van der Waals surface area contributed by atoms with E-state index >= 15 is 0 Å². The minimum Gasteiger partial charge on any atom is -0.383 e. The van der Waals surface area contributed by atoms with Crippen molar-refractivity contribution in [3.63, 3.8) is 0 Å². The van der Waals surface area contributed by atoms with E-state index in [1.165, 1.54) is 0 Å². The molecule has 1 atom stereocenters. The number of carbonyl (C=O) groups is 1. The molecule has 0 heterocycles. The zero-order valence-electron chi connectivity index (χ0n) is 12.5. The Morgan fingerprint density at radius 3 is 2.83 bits per heavy atom. The van der Waals surface area contributed by atoms with Gasteiger partial charge in [-0.25, -0.2) is 8.78 Å². The molecule has 3 rings (SSSR count). The summed E-state index contributed by atoms with van der Waals surface area (Å²) in [4.78, 5) is 12.1. The molecule has 23 heavy (non-hydrogen) atoms. The highest BCUT2D eigenvalue weighted by Crippen LogP contribution is 2.34. The highest BCUT2D eigenvalue weighted by Gasteiger charge is 2.34. The summed E-state index contributed by atoms with van der Waals surface area (Å²) in [5.41, 5.74) is 0.283. The van der Waals surface area contributed by atoms with Crippen molar-refractivity contribution in [1.82, 2.24) is 5.32 Å². The van der Waals surface area contributed by atoms with Crippen LogP contribution >= 0.6 is 0 Å². The second-order valence-corrected chi connectivity index (χ2v) is 5.85. The smallest absolute Gasteiger partial charge is 0.254 e. The number of halogens is 2. The van der Waals surface area contributed by atoms with Gasteiger partial charge in [0.05, 0.1) is 12.1 Å². The molecule has 5 heteroatoms. The van der Waals surface area contributed by atoms with E-state index in [4.69, 9.17) is 0 Å². The van der Waals surface area contributed by atoms with Crippen LogP contribution in [0.1, 0.15) is 34.3 Å². The van der Waals surface area contributed by atoms with Gasteiger partial charge in [0.2, 0.25) is 0 Å². The number of amides is 1. The highest BCUT2D eigenvalue weighted by atomic mass is 19.1. The molecule has 0 bridgehead atoms. The van der Waals surface area contributed by atoms with Crippen molar-refractivity contribution >= 4 is 5.91 Å². The first-order valence-electron chi connectivity index (χ1n) is 7.54. The Morgan fingerprint density at radius 1 is 1.22 bits per heavy atom. The van der Waals surface area contributed by atoms with Crippen LogP contribution in [0, 0.1) is 11.6 Å². The molecular weight excluding hydrogens is 300 g/mol. The van der Waals surface area contributed by atoms with Gasteiger partial charge in [-0.1, -0.05) is 24.3 Å². The van der Waals surface area contributed by atoms with Crippen LogP contribution in [0.25, 0.3) is 0 Å². The molecule has 2 aromatic carbocycles. The van der Waals surface area contributed by atoms with E-state index in [1.807, 2.05) is 24.3 Å². The minimum absolute atomic E-state index is 0.0429. The summed E-state index contributed by atoms with van der Waals surface area (Å²) in [7, 11) is 0. The van der Waals surface area contributed by atoms with Gasteiger partial charge < -0.3 is 10.4 Å². The summed E-state index contributed by atoms with van der Waals surface area (Å²) in [5, 5.41) is 13.4. The zero-order valence-corrected chi connectivity index (χ0v) is 12.5. The molecule has 3 nitrogen and oxygen atoms in total. The number of nitrogens with one attached hydrogen (secondary N) is 1. The number of hydrogen-bond donors (Lipinski definition) is 2. The molecule has 0 aromatic heterocycles. The van der Waals surface area contributed by atoms with Gasteiger partial charge in [-0.2, -0.15) is 0 Å². The lowest BCUT2D eigenvalue weighted by atomic mass is 9.79. The Balaban J connectivity index is 1.78. The summed E-state index contributed by atoms with van der Waals surface area (Å²) in [5.74, 6) is -2.21. The topological polar surface area (TPSA) is 49.3 Å². The standard InChI is InChI=1S/C18H17F2NO2/c19-13-7-8-16(20)14(10-13)17(22)21-11-18(23)9-3-5-12-4-1-2-6-15(12)18/h1-2,4,6-8,10,23H,3,5,9,11H2,(H,21,22). The van der Waals surface area contributed by atoms with Crippen LogP contribution in [0.3, 0.4) is 0 Å². The average molecular weight is 317 g/mol.